The van der Waals surface area contributed by atoms with Gasteiger partial charge in [-0.05, 0) is 44.3 Å². The van der Waals surface area contributed by atoms with Gasteiger partial charge in [0.05, 0.1) is 12.0 Å². The van der Waals surface area contributed by atoms with Crippen LogP contribution in [0, 0.1) is 17.2 Å². The second-order valence-corrected chi connectivity index (χ2v) is 6.15. The van der Waals surface area contributed by atoms with Crippen LogP contribution in [0.25, 0.3) is 0 Å². The molecule has 2 nitrogen and oxygen atoms in total. The molecule has 2 rings (SSSR count). The Labute approximate surface area is 112 Å². The Kier molecular flexibility index (Phi) is 4.33. The third kappa shape index (κ3) is 3.38. The highest BCUT2D eigenvalue weighted by Crippen LogP contribution is 2.33. The van der Waals surface area contributed by atoms with Crippen molar-refractivity contribution in [1.29, 1.82) is 5.26 Å². The molecule has 1 saturated heterocycles. The fraction of sp³-hybridized carbons (Fsp3) is 0.462. The molecule has 1 aliphatic rings. The second kappa shape index (κ2) is 5.77. The number of nitrogens with zero attached hydrogens (tertiary/aromatic N) is 2. The van der Waals surface area contributed by atoms with Crippen molar-refractivity contribution in [2.24, 2.45) is 5.92 Å². The largest absolute Gasteiger partial charge is 0.305 e. The van der Waals surface area contributed by atoms with E-state index in [4.69, 9.17) is 11.6 Å². The number of hydrogen-bond acceptors (Lipinski definition) is 3. The molecule has 0 radical (unpaired) electrons. The molecule has 0 aromatic heterocycles. The van der Waals surface area contributed by atoms with Gasteiger partial charge in [0.15, 0.2) is 0 Å². The first-order chi connectivity index (χ1) is 8.19. The molecular weight excluding hydrogens is 252 g/mol. The van der Waals surface area contributed by atoms with Crippen molar-refractivity contribution >= 4 is 23.4 Å². The van der Waals surface area contributed by atoms with Gasteiger partial charge in [-0.3, -0.25) is 0 Å². The van der Waals surface area contributed by atoms with Crippen LogP contribution in [0.1, 0.15) is 6.42 Å². The highest BCUT2D eigenvalue weighted by Gasteiger charge is 2.28. The lowest BCUT2D eigenvalue weighted by Crippen LogP contribution is -2.38. The van der Waals surface area contributed by atoms with E-state index in [1.54, 1.807) is 11.8 Å². The van der Waals surface area contributed by atoms with Crippen molar-refractivity contribution in [3.05, 3.63) is 29.3 Å². The van der Waals surface area contributed by atoms with Gasteiger partial charge < -0.3 is 4.90 Å². The minimum Gasteiger partial charge on any atom is -0.305 e. The predicted molar refractivity (Wildman–Crippen MR) is 72.3 cm³/mol. The number of benzene rings is 1. The molecule has 17 heavy (non-hydrogen) atoms. The Bertz CT molecular complexity index is 412. The quantitative estimate of drug-likeness (QED) is 0.822. The smallest absolute Gasteiger partial charge is 0.0712 e. The summed E-state index contributed by atoms with van der Waals surface area (Å²) < 4.78 is 0. The molecule has 2 atom stereocenters. The molecule has 1 aliphatic heterocycles. The van der Waals surface area contributed by atoms with E-state index in [9.17, 15) is 5.26 Å². The lowest BCUT2D eigenvalue weighted by Gasteiger charge is -2.32. The summed E-state index contributed by atoms with van der Waals surface area (Å²) in [4.78, 5) is 3.43. The zero-order chi connectivity index (χ0) is 12.3. The van der Waals surface area contributed by atoms with Gasteiger partial charge in [-0.2, -0.15) is 5.26 Å². The third-order valence-corrected chi connectivity index (χ3v) is 4.68. The molecule has 0 N–H and O–H groups in total. The summed E-state index contributed by atoms with van der Waals surface area (Å²) in [6.45, 7) is 1.95. The summed E-state index contributed by atoms with van der Waals surface area (Å²) >= 11 is 7.66. The van der Waals surface area contributed by atoms with Gasteiger partial charge >= 0.3 is 0 Å². The van der Waals surface area contributed by atoms with Crippen molar-refractivity contribution in [3.63, 3.8) is 0 Å². The summed E-state index contributed by atoms with van der Waals surface area (Å²) in [5, 5.41) is 10.3. The Hall–Kier alpha value is -0.690. The van der Waals surface area contributed by atoms with Crippen LogP contribution in [0.5, 0.6) is 0 Å². The topological polar surface area (TPSA) is 27.0 Å². The molecule has 1 aromatic rings. The van der Waals surface area contributed by atoms with E-state index in [0.29, 0.717) is 5.25 Å². The van der Waals surface area contributed by atoms with Gasteiger partial charge in [-0.15, -0.1) is 11.8 Å². The van der Waals surface area contributed by atoms with E-state index >= 15 is 0 Å². The minimum absolute atomic E-state index is 0.120. The van der Waals surface area contributed by atoms with Crippen LogP contribution in [-0.4, -0.2) is 30.3 Å². The van der Waals surface area contributed by atoms with E-state index < -0.39 is 0 Å². The first kappa shape index (κ1) is 12.8. The van der Waals surface area contributed by atoms with Crippen molar-refractivity contribution in [3.8, 4) is 6.07 Å². The lowest BCUT2D eigenvalue weighted by molar-refractivity contribution is 0.247. The molecule has 90 valence electrons. The van der Waals surface area contributed by atoms with Crippen molar-refractivity contribution in [2.75, 3.05) is 20.1 Å². The number of nitriles is 1. The first-order valence-electron chi connectivity index (χ1n) is 5.69. The standard InChI is InChI=1S/C13H15ClN2S/c1-16-7-6-13(10(8-15)9-16)17-12-4-2-11(14)3-5-12/h2-5,10,13H,6-7,9H2,1H3/t10-,13-/m0/s1. The summed E-state index contributed by atoms with van der Waals surface area (Å²) in [7, 11) is 2.08. The third-order valence-electron chi connectivity index (χ3n) is 3.02. The van der Waals surface area contributed by atoms with Crippen LogP contribution in [0.3, 0.4) is 0 Å². The van der Waals surface area contributed by atoms with Crippen molar-refractivity contribution in [1.82, 2.24) is 4.90 Å². The normalized spacial score (nSPS) is 25.5. The molecule has 4 heteroatoms. The van der Waals surface area contributed by atoms with Crippen LogP contribution >= 0.6 is 23.4 Å². The maximum atomic E-state index is 9.19. The summed E-state index contributed by atoms with van der Waals surface area (Å²) in [5.41, 5.74) is 0. The van der Waals surface area contributed by atoms with Gasteiger partial charge in [0, 0.05) is 21.7 Å². The highest BCUT2D eigenvalue weighted by molar-refractivity contribution is 8.00. The van der Waals surface area contributed by atoms with Gasteiger partial charge in [0.2, 0.25) is 0 Å². The van der Waals surface area contributed by atoms with Crippen LogP contribution in [0.4, 0.5) is 0 Å². The summed E-state index contributed by atoms with van der Waals surface area (Å²) in [6, 6.07) is 10.3. The average molecular weight is 267 g/mol. The Morgan fingerprint density at radius 3 is 2.76 bits per heavy atom. The Balaban J connectivity index is 2.02. The molecule has 1 fully saturated rings. The van der Waals surface area contributed by atoms with E-state index in [1.165, 1.54) is 4.90 Å². The predicted octanol–water partition coefficient (Wildman–Crippen LogP) is 3.28. The summed E-state index contributed by atoms with van der Waals surface area (Å²) in [5.74, 6) is 0.120. The zero-order valence-corrected chi connectivity index (χ0v) is 11.3. The number of hydrogen-bond donors (Lipinski definition) is 0. The molecule has 0 saturated carbocycles. The van der Waals surface area contributed by atoms with E-state index in [0.717, 1.165) is 24.5 Å². The molecule has 1 aromatic carbocycles. The molecule has 0 amide bonds. The lowest BCUT2D eigenvalue weighted by atomic mass is 10.00. The maximum Gasteiger partial charge on any atom is 0.0712 e. The molecule has 0 bridgehead atoms. The van der Waals surface area contributed by atoms with Gasteiger partial charge in [0.1, 0.15) is 0 Å². The van der Waals surface area contributed by atoms with E-state index in [1.807, 2.05) is 24.3 Å². The average Bonchev–Trinajstić information content (AvgIpc) is 2.34. The van der Waals surface area contributed by atoms with Gasteiger partial charge in [0.25, 0.3) is 0 Å². The fourth-order valence-electron chi connectivity index (χ4n) is 2.05. The Morgan fingerprint density at radius 2 is 2.12 bits per heavy atom. The molecule has 0 unspecified atom stereocenters. The van der Waals surface area contributed by atoms with Crippen molar-refractivity contribution in [2.45, 2.75) is 16.6 Å². The molecule has 0 aliphatic carbocycles. The summed E-state index contributed by atoms with van der Waals surface area (Å²) in [6.07, 6.45) is 1.07. The zero-order valence-electron chi connectivity index (χ0n) is 9.77. The SMILES string of the molecule is CN1CC[C@H](Sc2ccc(Cl)cc2)[C@@H](C#N)C1. The fourth-order valence-corrected chi connectivity index (χ4v) is 3.35. The molecule has 1 heterocycles. The number of rotatable bonds is 2. The first-order valence-corrected chi connectivity index (χ1v) is 6.95. The van der Waals surface area contributed by atoms with Gasteiger partial charge in [-0.1, -0.05) is 11.6 Å². The monoisotopic (exact) mass is 266 g/mol. The maximum absolute atomic E-state index is 9.19. The number of halogens is 1. The molecular formula is C13H15ClN2S. The van der Waals surface area contributed by atoms with Gasteiger partial charge in [-0.25, -0.2) is 0 Å². The second-order valence-electron chi connectivity index (χ2n) is 4.40. The number of piperidine rings is 1. The van der Waals surface area contributed by atoms with Crippen LogP contribution < -0.4 is 0 Å². The van der Waals surface area contributed by atoms with Crippen LogP contribution in [0.2, 0.25) is 5.02 Å². The molecule has 0 spiro atoms. The number of likely N-dealkylation sites (tertiary alicyclic amines) is 1. The highest BCUT2D eigenvalue weighted by atomic mass is 35.5. The number of thioether (sulfide) groups is 1. The van der Waals surface area contributed by atoms with E-state index in [2.05, 4.69) is 18.0 Å². The van der Waals surface area contributed by atoms with Crippen LogP contribution in [-0.2, 0) is 0 Å². The Morgan fingerprint density at radius 1 is 1.41 bits per heavy atom. The van der Waals surface area contributed by atoms with Crippen molar-refractivity contribution < 1.29 is 0 Å². The minimum atomic E-state index is 0.120. The van der Waals surface area contributed by atoms with Crippen LogP contribution in [0.15, 0.2) is 29.2 Å². The van der Waals surface area contributed by atoms with E-state index in [-0.39, 0.29) is 5.92 Å².